The van der Waals surface area contributed by atoms with Crippen molar-refractivity contribution in [3.63, 3.8) is 0 Å². The third-order valence-electron chi connectivity index (χ3n) is 2.39. The Bertz CT molecular complexity index is 360. The van der Waals surface area contributed by atoms with E-state index in [1.807, 2.05) is 6.92 Å². The summed E-state index contributed by atoms with van der Waals surface area (Å²) in [7, 11) is 0. The number of fused-ring (bicyclic) bond motifs is 1. The Morgan fingerprint density at radius 1 is 1.54 bits per heavy atom. The Kier molecular flexibility index (Phi) is 1.72. The fourth-order valence-electron chi connectivity index (χ4n) is 1.72. The molecule has 2 rings (SSSR count). The largest absolute Gasteiger partial charge is 0.508 e. The molecule has 0 aromatic heterocycles. The van der Waals surface area contributed by atoms with E-state index >= 15 is 0 Å². The average Bonchev–Trinajstić information content (AvgIpc) is 2.40. The van der Waals surface area contributed by atoms with Gasteiger partial charge >= 0.3 is 0 Å². The van der Waals surface area contributed by atoms with Crippen LogP contribution in [-0.4, -0.2) is 11.0 Å². The minimum Gasteiger partial charge on any atom is -0.508 e. The lowest BCUT2D eigenvalue weighted by atomic mass is 9.98. The summed E-state index contributed by atoms with van der Waals surface area (Å²) in [6.45, 7) is 1.96. The Hall–Kier alpha value is -1.51. The first-order valence-electron chi connectivity index (χ1n) is 4.36. The summed E-state index contributed by atoms with van der Waals surface area (Å²) in [5, 5.41) is 12.0. The van der Waals surface area contributed by atoms with E-state index in [1.165, 1.54) is 0 Å². The highest BCUT2D eigenvalue weighted by Crippen LogP contribution is 2.36. The number of phenols is 1. The number of carbonyl (C=O) groups is 1. The molecule has 1 aromatic carbocycles. The minimum atomic E-state index is -0.0953. The van der Waals surface area contributed by atoms with E-state index in [2.05, 4.69) is 5.32 Å². The first kappa shape index (κ1) is 8.10. The van der Waals surface area contributed by atoms with Crippen LogP contribution in [0.2, 0.25) is 0 Å². The maximum absolute atomic E-state index is 11.4. The molecule has 1 aliphatic rings. The molecular weight excluding hydrogens is 166 g/mol. The van der Waals surface area contributed by atoms with Crippen LogP contribution in [0.25, 0.3) is 0 Å². The number of rotatable bonds is 1. The Balaban J connectivity index is 2.50. The van der Waals surface area contributed by atoms with Crippen molar-refractivity contribution in [2.24, 2.45) is 0 Å². The van der Waals surface area contributed by atoms with Gasteiger partial charge in [0.1, 0.15) is 5.75 Å². The van der Waals surface area contributed by atoms with Crippen LogP contribution in [0.3, 0.4) is 0 Å². The predicted octanol–water partition coefficient (Wildman–Crippen LogP) is 1.84. The van der Waals surface area contributed by atoms with Crippen molar-refractivity contribution in [3.05, 3.63) is 23.8 Å². The second-order valence-corrected chi connectivity index (χ2v) is 3.22. The molecule has 0 spiro atoms. The molecule has 1 aliphatic heterocycles. The van der Waals surface area contributed by atoms with Gasteiger partial charge in [-0.1, -0.05) is 6.92 Å². The summed E-state index contributed by atoms with van der Waals surface area (Å²) in [6.07, 6.45) is 0.766. The third-order valence-corrected chi connectivity index (χ3v) is 2.39. The van der Waals surface area contributed by atoms with E-state index in [4.69, 9.17) is 0 Å². The Labute approximate surface area is 76.4 Å². The molecule has 0 radical (unpaired) electrons. The van der Waals surface area contributed by atoms with Crippen molar-refractivity contribution >= 4 is 11.6 Å². The summed E-state index contributed by atoms with van der Waals surface area (Å²) >= 11 is 0. The zero-order valence-corrected chi connectivity index (χ0v) is 7.37. The van der Waals surface area contributed by atoms with Crippen molar-refractivity contribution in [1.82, 2.24) is 0 Å². The highest BCUT2D eigenvalue weighted by atomic mass is 16.3. The van der Waals surface area contributed by atoms with Crippen LogP contribution in [0, 0.1) is 0 Å². The minimum absolute atomic E-state index is 0.0306. The molecule has 1 atom stereocenters. The fraction of sp³-hybridized carbons (Fsp3) is 0.300. The first-order chi connectivity index (χ1) is 6.22. The molecule has 0 bridgehead atoms. The molecule has 0 fully saturated rings. The maximum Gasteiger partial charge on any atom is 0.231 e. The zero-order valence-electron chi connectivity index (χ0n) is 7.37. The molecule has 1 aromatic rings. The van der Waals surface area contributed by atoms with Crippen molar-refractivity contribution < 1.29 is 9.90 Å². The standard InChI is InChI=1S/C10H11NO2/c1-2-7-8-5-6(12)3-4-9(8)11-10(7)13/h3-5,7,12H,2H2,1H3,(H,11,13). The van der Waals surface area contributed by atoms with Gasteiger partial charge in [0, 0.05) is 5.69 Å². The van der Waals surface area contributed by atoms with Gasteiger partial charge in [0.15, 0.2) is 0 Å². The normalized spacial score (nSPS) is 19.8. The Morgan fingerprint density at radius 3 is 3.00 bits per heavy atom. The highest BCUT2D eigenvalue weighted by Gasteiger charge is 2.28. The van der Waals surface area contributed by atoms with E-state index < -0.39 is 0 Å². The van der Waals surface area contributed by atoms with Gasteiger partial charge in [0.05, 0.1) is 5.92 Å². The van der Waals surface area contributed by atoms with Gasteiger partial charge in [-0.2, -0.15) is 0 Å². The number of carbonyl (C=O) groups excluding carboxylic acids is 1. The number of anilines is 1. The summed E-state index contributed by atoms with van der Waals surface area (Å²) in [5.41, 5.74) is 1.74. The quantitative estimate of drug-likeness (QED) is 0.643. The van der Waals surface area contributed by atoms with Crippen molar-refractivity contribution in [3.8, 4) is 5.75 Å². The molecule has 1 unspecified atom stereocenters. The SMILES string of the molecule is CCC1C(=O)Nc2ccc(O)cc21. The topological polar surface area (TPSA) is 49.3 Å². The van der Waals surface area contributed by atoms with E-state index in [0.717, 1.165) is 17.7 Å². The van der Waals surface area contributed by atoms with Crippen LogP contribution in [0.15, 0.2) is 18.2 Å². The van der Waals surface area contributed by atoms with Gasteiger partial charge < -0.3 is 10.4 Å². The lowest BCUT2D eigenvalue weighted by molar-refractivity contribution is -0.117. The molecule has 0 aliphatic carbocycles. The third kappa shape index (κ3) is 1.16. The van der Waals surface area contributed by atoms with Crippen LogP contribution in [0.5, 0.6) is 5.75 Å². The molecule has 13 heavy (non-hydrogen) atoms. The summed E-state index contributed by atoms with van der Waals surface area (Å²) in [4.78, 5) is 11.4. The molecule has 3 nitrogen and oxygen atoms in total. The van der Waals surface area contributed by atoms with Crippen molar-refractivity contribution in [2.45, 2.75) is 19.3 Å². The number of aromatic hydroxyl groups is 1. The second-order valence-electron chi connectivity index (χ2n) is 3.22. The molecule has 68 valence electrons. The zero-order chi connectivity index (χ0) is 9.42. The van der Waals surface area contributed by atoms with Crippen LogP contribution in [-0.2, 0) is 4.79 Å². The number of hydrogen-bond donors (Lipinski definition) is 2. The molecule has 3 heteroatoms. The summed E-state index contributed by atoms with van der Waals surface area (Å²) < 4.78 is 0. The Morgan fingerprint density at radius 2 is 2.31 bits per heavy atom. The number of nitrogens with one attached hydrogen (secondary N) is 1. The summed E-state index contributed by atoms with van der Waals surface area (Å²) in [5.74, 6) is 0.152. The number of hydrogen-bond acceptors (Lipinski definition) is 2. The van der Waals surface area contributed by atoms with Gasteiger partial charge in [0.25, 0.3) is 0 Å². The molecule has 2 N–H and O–H groups in total. The maximum atomic E-state index is 11.4. The monoisotopic (exact) mass is 177 g/mol. The van der Waals surface area contributed by atoms with E-state index in [9.17, 15) is 9.90 Å². The summed E-state index contributed by atoms with van der Waals surface area (Å²) in [6, 6.07) is 4.97. The van der Waals surface area contributed by atoms with E-state index in [1.54, 1.807) is 18.2 Å². The lowest BCUT2D eigenvalue weighted by Crippen LogP contribution is -2.10. The highest BCUT2D eigenvalue weighted by molar-refractivity contribution is 6.02. The smallest absolute Gasteiger partial charge is 0.231 e. The van der Waals surface area contributed by atoms with Crippen molar-refractivity contribution in [2.75, 3.05) is 5.32 Å². The van der Waals surface area contributed by atoms with Crippen LogP contribution < -0.4 is 5.32 Å². The van der Waals surface area contributed by atoms with Crippen molar-refractivity contribution in [1.29, 1.82) is 0 Å². The van der Waals surface area contributed by atoms with Crippen LogP contribution in [0.1, 0.15) is 24.8 Å². The average molecular weight is 177 g/mol. The van der Waals surface area contributed by atoms with Gasteiger partial charge in [-0.05, 0) is 30.2 Å². The van der Waals surface area contributed by atoms with E-state index in [-0.39, 0.29) is 17.6 Å². The molecular formula is C10H11NO2. The number of benzene rings is 1. The number of phenolic OH excluding ortho intramolecular Hbond substituents is 1. The fourth-order valence-corrected chi connectivity index (χ4v) is 1.72. The van der Waals surface area contributed by atoms with Crippen LogP contribution >= 0.6 is 0 Å². The lowest BCUT2D eigenvalue weighted by Gasteiger charge is -2.03. The van der Waals surface area contributed by atoms with E-state index in [0.29, 0.717) is 0 Å². The predicted molar refractivity (Wildman–Crippen MR) is 49.8 cm³/mol. The van der Waals surface area contributed by atoms with Crippen LogP contribution in [0.4, 0.5) is 5.69 Å². The first-order valence-corrected chi connectivity index (χ1v) is 4.36. The molecule has 0 saturated heterocycles. The molecule has 0 saturated carbocycles. The van der Waals surface area contributed by atoms with Gasteiger partial charge in [-0.15, -0.1) is 0 Å². The molecule has 1 amide bonds. The molecule has 1 heterocycles. The van der Waals surface area contributed by atoms with Gasteiger partial charge in [-0.25, -0.2) is 0 Å². The van der Waals surface area contributed by atoms with Gasteiger partial charge in [-0.3, -0.25) is 4.79 Å². The number of amides is 1. The van der Waals surface area contributed by atoms with Gasteiger partial charge in [0.2, 0.25) is 5.91 Å². The second kappa shape index (κ2) is 2.76.